The summed E-state index contributed by atoms with van der Waals surface area (Å²) in [6.07, 6.45) is 3.70. The smallest absolute Gasteiger partial charge is 0.269 e. The van der Waals surface area contributed by atoms with Crippen molar-refractivity contribution in [1.29, 1.82) is 0 Å². The van der Waals surface area contributed by atoms with Crippen LogP contribution in [-0.4, -0.2) is 57.6 Å². The van der Waals surface area contributed by atoms with E-state index in [-0.39, 0.29) is 16.2 Å². The van der Waals surface area contributed by atoms with Crippen LogP contribution in [0.4, 0.5) is 0 Å². The van der Waals surface area contributed by atoms with Gasteiger partial charge < -0.3 is 0 Å². The van der Waals surface area contributed by atoms with Gasteiger partial charge in [0.05, 0.1) is 10.6 Å². The van der Waals surface area contributed by atoms with Crippen molar-refractivity contribution in [2.75, 3.05) is 24.6 Å². The number of hydrogen-bond donors (Lipinski definition) is 2. The van der Waals surface area contributed by atoms with Gasteiger partial charge >= 0.3 is 0 Å². The van der Waals surface area contributed by atoms with Gasteiger partial charge in [-0.2, -0.15) is 4.31 Å². The van der Waals surface area contributed by atoms with E-state index in [0.29, 0.717) is 19.5 Å². The number of hydrogen-bond acceptors (Lipinski definition) is 6. The van der Waals surface area contributed by atoms with Crippen molar-refractivity contribution < 1.29 is 26.4 Å². The fourth-order valence-electron chi connectivity index (χ4n) is 2.95. The van der Waals surface area contributed by atoms with Gasteiger partial charge in [-0.1, -0.05) is 25.8 Å². The summed E-state index contributed by atoms with van der Waals surface area (Å²) >= 11 is 0. The van der Waals surface area contributed by atoms with E-state index >= 15 is 0 Å². The fraction of sp³-hybridized carbons (Fsp3) is 0.556. The highest BCUT2D eigenvalue weighted by Gasteiger charge is 2.27. The molecule has 0 unspecified atom stereocenters. The van der Waals surface area contributed by atoms with E-state index in [9.17, 15) is 26.4 Å². The highest BCUT2D eigenvalue weighted by molar-refractivity contribution is 7.92. The third kappa shape index (κ3) is 6.79. The summed E-state index contributed by atoms with van der Waals surface area (Å²) < 4.78 is 50.3. The molecule has 1 fully saturated rings. The van der Waals surface area contributed by atoms with E-state index in [1.165, 1.54) is 28.6 Å². The van der Waals surface area contributed by atoms with Crippen LogP contribution in [0.2, 0.25) is 0 Å². The van der Waals surface area contributed by atoms with Crippen molar-refractivity contribution in [3.63, 3.8) is 0 Å². The molecular weight excluding hydrogens is 418 g/mol. The van der Waals surface area contributed by atoms with E-state index in [1.807, 2.05) is 6.92 Å². The van der Waals surface area contributed by atoms with Crippen LogP contribution in [-0.2, 0) is 24.7 Å². The molecule has 9 nitrogen and oxygen atoms in total. The second-order valence-corrected chi connectivity index (χ2v) is 11.1. The molecule has 0 spiro atoms. The summed E-state index contributed by atoms with van der Waals surface area (Å²) in [4.78, 5) is 24.1. The summed E-state index contributed by atoms with van der Waals surface area (Å²) in [5.41, 5.74) is 4.23. The van der Waals surface area contributed by atoms with Crippen molar-refractivity contribution in [3.05, 3.63) is 29.8 Å². The van der Waals surface area contributed by atoms with Crippen LogP contribution in [0.25, 0.3) is 0 Å². The minimum atomic E-state index is -3.67. The number of sulfonamides is 1. The molecule has 1 heterocycles. The number of carbonyl (C=O) groups excluding carboxylic acids is 2. The molecule has 0 bridgehead atoms. The summed E-state index contributed by atoms with van der Waals surface area (Å²) in [5, 5.41) is 0. The monoisotopic (exact) mass is 445 g/mol. The lowest BCUT2D eigenvalue weighted by Gasteiger charge is -2.16. The first kappa shape index (κ1) is 23.3. The normalized spacial score (nSPS) is 15.2. The Morgan fingerprint density at radius 1 is 1.03 bits per heavy atom. The number of rotatable bonds is 9. The molecule has 162 valence electrons. The minimum absolute atomic E-state index is 0.00289. The average Bonchev–Trinajstić information content (AvgIpc) is 3.21. The van der Waals surface area contributed by atoms with Crippen LogP contribution in [0.3, 0.4) is 0 Å². The predicted octanol–water partition coefficient (Wildman–Crippen LogP) is 0.837. The van der Waals surface area contributed by atoms with E-state index in [1.54, 1.807) is 0 Å². The number of nitrogens with one attached hydrogen (secondary N) is 2. The van der Waals surface area contributed by atoms with Gasteiger partial charge in [-0.25, -0.2) is 16.8 Å². The second-order valence-electron chi connectivity index (χ2n) is 6.94. The van der Waals surface area contributed by atoms with E-state index in [4.69, 9.17) is 0 Å². The molecule has 1 saturated heterocycles. The minimum Gasteiger partial charge on any atom is -0.272 e. The van der Waals surface area contributed by atoms with Crippen molar-refractivity contribution in [3.8, 4) is 0 Å². The highest BCUT2D eigenvalue weighted by Crippen LogP contribution is 2.21. The van der Waals surface area contributed by atoms with Gasteiger partial charge in [0.15, 0.2) is 9.84 Å². The maximum atomic E-state index is 12.6. The van der Waals surface area contributed by atoms with Crippen LogP contribution in [0.15, 0.2) is 29.2 Å². The predicted molar refractivity (Wildman–Crippen MR) is 108 cm³/mol. The Kier molecular flexibility index (Phi) is 8.17. The Hall–Kier alpha value is -1.98. The van der Waals surface area contributed by atoms with Gasteiger partial charge in [-0.05, 0) is 37.5 Å². The van der Waals surface area contributed by atoms with Gasteiger partial charge in [0, 0.05) is 18.7 Å². The van der Waals surface area contributed by atoms with Gasteiger partial charge in [-0.15, -0.1) is 0 Å². The van der Waals surface area contributed by atoms with Gasteiger partial charge in [-0.3, -0.25) is 20.4 Å². The Morgan fingerprint density at radius 3 is 2.38 bits per heavy atom. The van der Waals surface area contributed by atoms with Gasteiger partial charge in [0.1, 0.15) is 5.75 Å². The lowest BCUT2D eigenvalue weighted by Crippen LogP contribution is -2.44. The first-order valence-corrected chi connectivity index (χ1v) is 12.8. The molecule has 0 aromatic heterocycles. The van der Waals surface area contributed by atoms with Crippen LogP contribution in [0.1, 0.15) is 49.4 Å². The highest BCUT2D eigenvalue weighted by atomic mass is 32.2. The maximum absolute atomic E-state index is 12.6. The quantitative estimate of drug-likeness (QED) is 0.428. The van der Waals surface area contributed by atoms with Crippen LogP contribution in [0.5, 0.6) is 0 Å². The first-order chi connectivity index (χ1) is 13.7. The van der Waals surface area contributed by atoms with Crippen LogP contribution >= 0.6 is 0 Å². The van der Waals surface area contributed by atoms with Crippen molar-refractivity contribution >= 4 is 31.7 Å². The Morgan fingerprint density at radius 2 is 1.72 bits per heavy atom. The second kappa shape index (κ2) is 10.2. The van der Waals surface area contributed by atoms with E-state index < -0.39 is 37.4 Å². The summed E-state index contributed by atoms with van der Waals surface area (Å²) in [5.74, 6) is -2.39. The lowest BCUT2D eigenvalue weighted by atomic mass is 10.2. The summed E-state index contributed by atoms with van der Waals surface area (Å²) in [7, 11) is -7.22. The zero-order valence-electron chi connectivity index (χ0n) is 16.4. The topological polar surface area (TPSA) is 130 Å². The van der Waals surface area contributed by atoms with Gasteiger partial charge in [0.25, 0.3) is 11.8 Å². The summed E-state index contributed by atoms with van der Waals surface area (Å²) in [6, 6.07) is 5.49. The molecular formula is C18H27N3O6S2. The molecule has 0 atom stereocenters. The van der Waals surface area contributed by atoms with E-state index in [0.717, 1.165) is 25.7 Å². The number of nitrogens with zero attached hydrogens (tertiary/aromatic N) is 1. The van der Waals surface area contributed by atoms with Crippen molar-refractivity contribution in [2.24, 2.45) is 0 Å². The number of unbranched alkanes of at least 4 members (excludes halogenated alkanes) is 2. The Labute approximate surface area is 171 Å². The SMILES string of the molecule is CCCCCS(=O)(=O)CC(=O)NNC(=O)c1cccc(S(=O)(=O)N2CCCC2)c1. The molecule has 2 N–H and O–H groups in total. The number of carbonyl (C=O) groups is 2. The molecule has 2 rings (SSSR count). The van der Waals surface area contributed by atoms with Crippen molar-refractivity contribution in [1.82, 2.24) is 15.2 Å². The average molecular weight is 446 g/mol. The number of amides is 2. The largest absolute Gasteiger partial charge is 0.272 e. The molecule has 0 radical (unpaired) electrons. The van der Waals surface area contributed by atoms with E-state index in [2.05, 4.69) is 10.9 Å². The van der Waals surface area contributed by atoms with Crippen LogP contribution in [0, 0.1) is 0 Å². The molecule has 1 aliphatic heterocycles. The molecule has 29 heavy (non-hydrogen) atoms. The lowest BCUT2D eigenvalue weighted by molar-refractivity contribution is -0.119. The third-order valence-electron chi connectivity index (χ3n) is 4.52. The molecule has 2 amide bonds. The molecule has 1 aromatic carbocycles. The Balaban J connectivity index is 1.95. The molecule has 1 aromatic rings. The van der Waals surface area contributed by atoms with Crippen molar-refractivity contribution in [2.45, 2.75) is 43.9 Å². The number of sulfone groups is 1. The molecule has 0 saturated carbocycles. The fourth-order valence-corrected chi connectivity index (χ4v) is 5.78. The zero-order valence-corrected chi connectivity index (χ0v) is 18.0. The maximum Gasteiger partial charge on any atom is 0.269 e. The summed E-state index contributed by atoms with van der Waals surface area (Å²) in [6.45, 7) is 2.84. The van der Waals surface area contributed by atoms with Gasteiger partial charge in [0.2, 0.25) is 10.0 Å². The Bertz CT molecular complexity index is 938. The molecule has 1 aliphatic rings. The standard InChI is InChI=1S/C18H27N3O6S2/c1-2-3-6-12-28(24,25)14-17(22)19-20-18(23)15-8-7-9-16(13-15)29(26,27)21-10-4-5-11-21/h7-9,13H,2-6,10-12,14H2,1H3,(H,19,22)(H,20,23). The molecule has 11 heteroatoms. The number of hydrazine groups is 1. The van der Waals surface area contributed by atoms with Crippen LogP contribution < -0.4 is 10.9 Å². The number of benzene rings is 1. The molecule has 0 aliphatic carbocycles. The third-order valence-corrected chi connectivity index (χ3v) is 8.03. The first-order valence-electron chi connectivity index (χ1n) is 9.55. The zero-order chi connectivity index (χ0) is 21.5.